The van der Waals surface area contributed by atoms with E-state index in [1.165, 1.54) is 13.0 Å². The summed E-state index contributed by atoms with van der Waals surface area (Å²) in [7, 11) is 0. The van der Waals surface area contributed by atoms with Gasteiger partial charge in [0, 0.05) is 13.0 Å². The van der Waals surface area contributed by atoms with Crippen molar-refractivity contribution in [3.63, 3.8) is 0 Å². The Labute approximate surface area is 104 Å². The molecule has 92 valence electrons. The Morgan fingerprint density at radius 2 is 2.29 bits per heavy atom. The highest BCUT2D eigenvalue weighted by Crippen LogP contribution is 2.26. The van der Waals surface area contributed by atoms with Gasteiger partial charge < -0.3 is 9.84 Å². The maximum Gasteiger partial charge on any atom is 0.275 e. The molecule has 0 spiro atoms. The monoisotopic (exact) mass is 255 g/mol. The highest BCUT2D eigenvalue weighted by molar-refractivity contribution is 7.80. The second-order valence-electron chi connectivity index (χ2n) is 3.61. The fraction of sp³-hybridized carbons (Fsp3) is 0.364. The summed E-state index contributed by atoms with van der Waals surface area (Å²) in [6.07, 6.45) is -0.899. The molecular formula is C11H13NO4S. The van der Waals surface area contributed by atoms with Gasteiger partial charge >= 0.3 is 0 Å². The summed E-state index contributed by atoms with van der Waals surface area (Å²) >= 11 is 4.77. The zero-order valence-electron chi connectivity index (χ0n) is 9.54. The van der Waals surface area contributed by atoms with Gasteiger partial charge in [0.05, 0.1) is 16.6 Å². The third kappa shape index (κ3) is 3.76. The van der Waals surface area contributed by atoms with E-state index in [4.69, 9.17) is 17.0 Å². The number of ether oxygens (including phenoxy) is 1. The lowest BCUT2D eigenvalue weighted by atomic mass is 10.1. The molecule has 1 atom stereocenters. The van der Waals surface area contributed by atoms with Crippen LogP contribution in [0.4, 0.5) is 5.69 Å². The molecule has 0 aliphatic heterocycles. The van der Waals surface area contributed by atoms with Gasteiger partial charge in [0.2, 0.25) is 0 Å². The van der Waals surface area contributed by atoms with Crippen molar-refractivity contribution >= 4 is 23.0 Å². The predicted octanol–water partition coefficient (Wildman–Crippen LogP) is 2.51. The Morgan fingerprint density at radius 3 is 2.76 bits per heavy atom. The van der Waals surface area contributed by atoms with Crippen LogP contribution in [0.3, 0.4) is 0 Å². The normalized spacial score (nSPS) is 11.9. The number of aliphatic hydroxyl groups is 1. The summed E-state index contributed by atoms with van der Waals surface area (Å²) in [5.74, 6) is 0. The summed E-state index contributed by atoms with van der Waals surface area (Å²) in [6, 6.07) is 4.50. The molecule has 0 saturated carbocycles. The number of hydrogen-bond donors (Lipinski definition) is 1. The maximum absolute atomic E-state index is 10.7. The van der Waals surface area contributed by atoms with Crippen molar-refractivity contribution in [3.05, 3.63) is 39.4 Å². The topological polar surface area (TPSA) is 72.6 Å². The number of aliphatic hydroxyl groups excluding tert-OH is 1. The molecule has 0 heterocycles. The van der Waals surface area contributed by atoms with Crippen LogP contribution in [0.2, 0.25) is 0 Å². The van der Waals surface area contributed by atoms with Gasteiger partial charge in [-0.05, 0) is 36.8 Å². The Hall–Kier alpha value is -1.53. The van der Waals surface area contributed by atoms with Gasteiger partial charge in [-0.2, -0.15) is 0 Å². The molecular weight excluding hydrogens is 242 g/mol. The molecule has 0 amide bonds. The Morgan fingerprint density at radius 1 is 1.65 bits per heavy atom. The van der Waals surface area contributed by atoms with E-state index < -0.39 is 11.0 Å². The van der Waals surface area contributed by atoms with Crippen LogP contribution < -0.4 is 0 Å². The van der Waals surface area contributed by atoms with Gasteiger partial charge in [-0.15, -0.1) is 0 Å². The molecule has 1 N–H and O–H groups in total. The molecule has 0 aliphatic rings. The van der Waals surface area contributed by atoms with Gasteiger partial charge in [-0.1, -0.05) is 0 Å². The van der Waals surface area contributed by atoms with Crippen LogP contribution in [0.1, 0.15) is 31.1 Å². The van der Waals surface area contributed by atoms with E-state index in [0.29, 0.717) is 5.05 Å². The van der Waals surface area contributed by atoms with E-state index in [9.17, 15) is 15.2 Å². The van der Waals surface area contributed by atoms with E-state index in [2.05, 4.69) is 0 Å². The van der Waals surface area contributed by atoms with Gasteiger partial charge in [0.15, 0.2) is 5.05 Å². The number of nitrogens with zero attached hydrogens (tertiary/aromatic N) is 1. The largest absolute Gasteiger partial charge is 0.483 e. The third-order valence-corrected chi connectivity index (χ3v) is 2.30. The number of hydrogen-bond acceptors (Lipinski definition) is 5. The third-order valence-electron chi connectivity index (χ3n) is 2.18. The number of benzene rings is 1. The van der Waals surface area contributed by atoms with Gasteiger partial charge in [-0.3, -0.25) is 10.1 Å². The lowest BCUT2D eigenvalue weighted by molar-refractivity contribution is -0.386. The molecule has 0 bridgehead atoms. The zero-order chi connectivity index (χ0) is 13.0. The first-order valence-electron chi connectivity index (χ1n) is 5.00. The van der Waals surface area contributed by atoms with Crippen LogP contribution in [-0.2, 0) is 11.3 Å². The first-order valence-corrected chi connectivity index (χ1v) is 5.41. The number of nitro groups is 1. The molecule has 0 aromatic heterocycles. The molecule has 6 heteroatoms. The first-order chi connectivity index (χ1) is 7.91. The Kier molecular flexibility index (Phi) is 4.53. The minimum Gasteiger partial charge on any atom is -0.483 e. The van der Waals surface area contributed by atoms with E-state index >= 15 is 0 Å². The Balaban J connectivity index is 3.01. The molecule has 17 heavy (non-hydrogen) atoms. The molecule has 0 saturated heterocycles. The van der Waals surface area contributed by atoms with Crippen LogP contribution in [0.15, 0.2) is 18.2 Å². The summed E-state index contributed by atoms with van der Waals surface area (Å²) in [5, 5.41) is 20.6. The quantitative estimate of drug-likeness (QED) is 0.508. The van der Waals surface area contributed by atoms with Crippen molar-refractivity contribution < 1.29 is 14.8 Å². The van der Waals surface area contributed by atoms with Crippen molar-refractivity contribution in [3.8, 4) is 0 Å². The highest BCUT2D eigenvalue weighted by atomic mass is 32.1. The van der Waals surface area contributed by atoms with E-state index in [1.54, 1.807) is 19.1 Å². The minimum absolute atomic E-state index is 0.0946. The molecule has 5 nitrogen and oxygen atoms in total. The number of nitro benzene ring substituents is 1. The minimum atomic E-state index is -0.899. The van der Waals surface area contributed by atoms with Gasteiger partial charge in [0.1, 0.15) is 6.61 Å². The fourth-order valence-electron chi connectivity index (χ4n) is 1.38. The fourth-order valence-corrected chi connectivity index (χ4v) is 1.44. The molecule has 1 aromatic rings. The van der Waals surface area contributed by atoms with Gasteiger partial charge in [0.25, 0.3) is 5.69 Å². The lowest BCUT2D eigenvalue weighted by Gasteiger charge is -2.09. The smallest absolute Gasteiger partial charge is 0.275 e. The molecule has 0 unspecified atom stereocenters. The van der Waals surface area contributed by atoms with Crippen LogP contribution in [0.5, 0.6) is 0 Å². The van der Waals surface area contributed by atoms with Crippen LogP contribution in [0.25, 0.3) is 0 Å². The second kappa shape index (κ2) is 5.70. The lowest BCUT2D eigenvalue weighted by Crippen LogP contribution is -2.02. The first kappa shape index (κ1) is 13.5. The Bertz CT molecular complexity index is 445. The van der Waals surface area contributed by atoms with Crippen molar-refractivity contribution in [1.29, 1.82) is 0 Å². The van der Waals surface area contributed by atoms with Crippen LogP contribution in [0, 0.1) is 10.1 Å². The molecule has 1 aromatic carbocycles. The van der Waals surface area contributed by atoms with E-state index in [1.807, 2.05) is 0 Å². The summed E-state index contributed by atoms with van der Waals surface area (Å²) in [4.78, 5) is 10.2. The van der Waals surface area contributed by atoms with Crippen molar-refractivity contribution in [2.24, 2.45) is 0 Å². The van der Waals surface area contributed by atoms with Gasteiger partial charge in [-0.25, -0.2) is 0 Å². The van der Waals surface area contributed by atoms with Crippen molar-refractivity contribution in [1.82, 2.24) is 0 Å². The average molecular weight is 255 g/mol. The summed E-state index contributed by atoms with van der Waals surface area (Å²) in [5.41, 5.74) is 0.914. The summed E-state index contributed by atoms with van der Waals surface area (Å²) < 4.78 is 5.14. The van der Waals surface area contributed by atoms with E-state index in [-0.39, 0.29) is 17.9 Å². The number of thiocarbonyl (C=S) groups is 1. The molecule has 0 fully saturated rings. The summed E-state index contributed by atoms with van der Waals surface area (Å²) in [6.45, 7) is 3.38. The highest BCUT2D eigenvalue weighted by Gasteiger charge is 2.17. The maximum atomic E-state index is 10.7. The molecule has 0 radical (unpaired) electrons. The van der Waals surface area contributed by atoms with Crippen molar-refractivity contribution in [2.75, 3.05) is 0 Å². The van der Waals surface area contributed by atoms with Crippen LogP contribution in [-0.4, -0.2) is 15.1 Å². The standard InChI is InChI=1S/C11H13NO4S/c1-7(13)10-5-9(6-16-8(2)17)3-4-11(10)12(14)15/h3-5,7,13H,6H2,1-2H3/t7-/m0/s1. The van der Waals surface area contributed by atoms with Crippen LogP contribution >= 0.6 is 12.2 Å². The average Bonchev–Trinajstić information content (AvgIpc) is 2.25. The molecule has 1 rings (SSSR count). The predicted molar refractivity (Wildman–Crippen MR) is 66.8 cm³/mol. The van der Waals surface area contributed by atoms with Crippen molar-refractivity contribution in [2.45, 2.75) is 26.6 Å². The SMILES string of the molecule is CC(=S)OCc1ccc([N+](=O)[O-])c([C@H](C)O)c1. The van der Waals surface area contributed by atoms with E-state index in [0.717, 1.165) is 5.56 Å². The number of rotatable bonds is 4. The molecule has 0 aliphatic carbocycles. The zero-order valence-corrected chi connectivity index (χ0v) is 10.4. The second-order valence-corrected chi connectivity index (χ2v) is 4.18.